The summed E-state index contributed by atoms with van der Waals surface area (Å²) >= 11 is 1.72. The molecule has 0 saturated heterocycles. The van der Waals surface area contributed by atoms with Gasteiger partial charge in [0.1, 0.15) is 11.5 Å². The highest BCUT2D eigenvalue weighted by atomic mass is 32.2. The highest BCUT2D eigenvalue weighted by Gasteiger charge is 2.08. The van der Waals surface area contributed by atoms with Crippen LogP contribution in [0.4, 0.5) is 0 Å². The van der Waals surface area contributed by atoms with Crippen molar-refractivity contribution < 1.29 is 4.74 Å². The van der Waals surface area contributed by atoms with E-state index in [2.05, 4.69) is 46.9 Å². The van der Waals surface area contributed by atoms with E-state index < -0.39 is 0 Å². The monoisotopic (exact) mass is 324 g/mol. The first-order chi connectivity index (χ1) is 11.2. The Bertz CT molecular complexity index is 833. The lowest BCUT2D eigenvalue weighted by Crippen LogP contribution is -2.04. The fraction of sp³-hybridized carbons (Fsp3) is 0.211. The van der Waals surface area contributed by atoms with Gasteiger partial charge in [0.05, 0.1) is 5.52 Å². The number of nitrogens with one attached hydrogen (secondary N) is 1. The molecule has 3 rings (SSSR count). The molecule has 1 aromatic heterocycles. The summed E-state index contributed by atoms with van der Waals surface area (Å²) in [6.07, 6.45) is 2.07. The third-order valence-corrected chi connectivity index (χ3v) is 4.34. The second-order valence-corrected chi connectivity index (χ2v) is 6.30. The van der Waals surface area contributed by atoms with Gasteiger partial charge in [0, 0.05) is 28.6 Å². The Kier molecular flexibility index (Phi) is 4.84. The van der Waals surface area contributed by atoms with Crippen molar-refractivity contribution in [2.45, 2.75) is 18.4 Å². The molecule has 23 heavy (non-hydrogen) atoms. The molecule has 3 nitrogen and oxygen atoms in total. The maximum absolute atomic E-state index is 6.16. The predicted molar refractivity (Wildman–Crippen MR) is 97.5 cm³/mol. The maximum Gasteiger partial charge on any atom is 0.138 e. The zero-order valence-electron chi connectivity index (χ0n) is 13.6. The fourth-order valence-electron chi connectivity index (χ4n) is 2.56. The molecule has 0 aliphatic rings. The van der Waals surface area contributed by atoms with E-state index in [1.807, 2.05) is 32.2 Å². The Hall–Kier alpha value is -2.04. The Morgan fingerprint density at radius 2 is 2.00 bits per heavy atom. The Morgan fingerprint density at radius 3 is 2.78 bits per heavy atom. The summed E-state index contributed by atoms with van der Waals surface area (Å²) in [4.78, 5) is 5.84. The molecule has 0 bridgehead atoms. The number of hydrogen-bond acceptors (Lipinski definition) is 4. The summed E-state index contributed by atoms with van der Waals surface area (Å²) in [5.41, 5.74) is 3.13. The number of aromatic nitrogens is 1. The quantitative estimate of drug-likeness (QED) is 0.685. The van der Waals surface area contributed by atoms with Crippen molar-refractivity contribution in [2.75, 3.05) is 13.3 Å². The molecule has 0 radical (unpaired) electrons. The van der Waals surface area contributed by atoms with Gasteiger partial charge in [-0.1, -0.05) is 12.1 Å². The molecular formula is C19H20N2OS. The van der Waals surface area contributed by atoms with Gasteiger partial charge in [0.15, 0.2) is 0 Å². The van der Waals surface area contributed by atoms with Gasteiger partial charge in [-0.2, -0.15) is 0 Å². The van der Waals surface area contributed by atoms with Gasteiger partial charge >= 0.3 is 0 Å². The number of nitrogens with zero attached hydrogens (tertiary/aromatic N) is 1. The summed E-state index contributed by atoms with van der Waals surface area (Å²) in [6.45, 7) is 2.82. The summed E-state index contributed by atoms with van der Waals surface area (Å²) in [6, 6.07) is 16.4. The topological polar surface area (TPSA) is 34.1 Å². The first kappa shape index (κ1) is 15.8. The van der Waals surface area contributed by atoms with Crippen LogP contribution < -0.4 is 10.1 Å². The van der Waals surface area contributed by atoms with Crippen LogP contribution in [0.25, 0.3) is 10.9 Å². The standard InChI is InChI=1S/C19H20N2OS/c1-13-9-19(17-8-7-16(23-3)11-18(17)21-13)22-15-6-4-5-14(10-15)12-20-2/h4-11,20H,12H2,1-3H3. The van der Waals surface area contributed by atoms with Gasteiger partial charge < -0.3 is 10.1 Å². The van der Waals surface area contributed by atoms with E-state index in [4.69, 9.17) is 4.74 Å². The van der Waals surface area contributed by atoms with E-state index in [0.717, 1.165) is 34.6 Å². The van der Waals surface area contributed by atoms with Gasteiger partial charge in [-0.25, -0.2) is 0 Å². The average molecular weight is 324 g/mol. The lowest BCUT2D eigenvalue weighted by Gasteiger charge is -2.11. The molecule has 4 heteroatoms. The lowest BCUT2D eigenvalue weighted by molar-refractivity contribution is 0.486. The number of pyridine rings is 1. The summed E-state index contributed by atoms with van der Waals surface area (Å²) in [5.74, 6) is 1.69. The highest BCUT2D eigenvalue weighted by Crippen LogP contribution is 2.32. The van der Waals surface area contributed by atoms with Crippen LogP contribution in [0, 0.1) is 6.92 Å². The van der Waals surface area contributed by atoms with E-state index in [-0.39, 0.29) is 0 Å². The molecule has 1 N–H and O–H groups in total. The van der Waals surface area contributed by atoms with Crippen LogP contribution in [-0.2, 0) is 6.54 Å². The Morgan fingerprint density at radius 1 is 1.13 bits per heavy atom. The van der Waals surface area contributed by atoms with E-state index in [9.17, 15) is 0 Å². The van der Waals surface area contributed by atoms with Crippen LogP contribution in [0.15, 0.2) is 53.4 Å². The van der Waals surface area contributed by atoms with Crippen molar-refractivity contribution in [3.8, 4) is 11.5 Å². The molecule has 0 amide bonds. The molecule has 0 aliphatic carbocycles. The number of rotatable bonds is 5. The number of fused-ring (bicyclic) bond motifs is 1. The van der Waals surface area contributed by atoms with Crippen molar-refractivity contribution >= 4 is 22.7 Å². The van der Waals surface area contributed by atoms with E-state index in [1.165, 1.54) is 10.5 Å². The number of aryl methyl sites for hydroxylation is 1. The first-order valence-electron chi connectivity index (χ1n) is 7.56. The minimum absolute atomic E-state index is 0.824. The second kappa shape index (κ2) is 7.02. The summed E-state index contributed by atoms with van der Waals surface area (Å²) < 4.78 is 6.16. The van der Waals surface area contributed by atoms with Crippen molar-refractivity contribution in [2.24, 2.45) is 0 Å². The largest absolute Gasteiger partial charge is 0.457 e. The highest BCUT2D eigenvalue weighted by molar-refractivity contribution is 7.98. The Balaban J connectivity index is 2.00. The molecule has 3 aromatic rings. The number of benzene rings is 2. The van der Waals surface area contributed by atoms with Gasteiger partial charge in [-0.3, -0.25) is 4.98 Å². The molecule has 0 aliphatic heterocycles. The molecule has 1 heterocycles. The molecule has 2 aromatic carbocycles. The van der Waals surface area contributed by atoms with Crippen molar-refractivity contribution in [1.82, 2.24) is 10.3 Å². The fourth-order valence-corrected chi connectivity index (χ4v) is 3.00. The molecule has 0 atom stereocenters. The normalized spacial score (nSPS) is 10.9. The van der Waals surface area contributed by atoms with Crippen LogP contribution in [0.2, 0.25) is 0 Å². The smallest absolute Gasteiger partial charge is 0.138 e. The number of thioether (sulfide) groups is 1. The SMILES string of the molecule is CNCc1cccc(Oc2cc(C)nc3cc(SC)ccc23)c1. The van der Waals surface area contributed by atoms with Crippen LogP contribution in [-0.4, -0.2) is 18.3 Å². The van der Waals surface area contributed by atoms with Crippen LogP contribution in [0.3, 0.4) is 0 Å². The number of ether oxygens (including phenoxy) is 1. The van der Waals surface area contributed by atoms with E-state index in [1.54, 1.807) is 11.8 Å². The third-order valence-electron chi connectivity index (χ3n) is 3.61. The van der Waals surface area contributed by atoms with E-state index >= 15 is 0 Å². The first-order valence-corrected chi connectivity index (χ1v) is 8.79. The van der Waals surface area contributed by atoms with Crippen LogP contribution in [0.1, 0.15) is 11.3 Å². The summed E-state index contributed by atoms with van der Waals surface area (Å²) in [7, 11) is 1.94. The predicted octanol–water partition coefficient (Wildman–Crippen LogP) is 4.78. The van der Waals surface area contributed by atoms with E-state index in [0.29, 0.717) is 0 Å². The zero-order valence-corrected chi connectivity index (χ0v) is 14.4. The van der Waals surface area contributed by atoms with Crippen molar-refractivity contribution in [3.63, 3.8) is 0 Å². The van der Waals surface area contributed by atoms with Gasteiger partial charge in [0.25, 0.3) is 0 Å². The average Bonchev–Trinajstić information content (AvgIpc) is 2.54. The molecule has 0 fully saturated rings. The van der Waals surface area contributed by atoms with Crippen molar-refractivity contribution in [1.29, 1.82) is 0 Å². The second-order valence-electron chi connectivity index (χ2n) is 5.42. The molecule has 0 spiro atoms. The van der Waals surface area contributed by atoms with Crippen LogP contribution in [0.5, 0.6) is 11.5 Å². The minimum Gasteiger partial charge on any atom is -0.457 e. The number of hydrogen-bond donors (Lipinski definition) is 1. The Labute approximate surface area is 141 Å². The lowest BCUT2D eigenvalue weighted by atomic mass is 10.1. The molecule has 0 saturated carbocycles. The maximum atomic E-state index is 6.16. The zero-order chi connectivity index (χ0) is 16.2. The van der Waals surface area contributed by atoms with Crippen molar-refractivity contribution in [3.05, 3.63) is 59.8 Å². The molecular weight excluding hydrogens is 304 g/mol. The molecule has 118 valence electrons. The van der Waals surface area contributed by atoms with Gasteiger partial charge in [-0.15, -0.1) is 11.8 Å². The molecule has 0 unspecified atom stereocenters. The van der Waals surface area contributed by atoms with Gasteiger partial charge in [-0.05, 0) is 56.1 Å². The van der Waals surface area contributed by atoms with Crippen LogP contribution >= 0.6 is 11.8 Å². The minimum atomic E-state index is 0.824. The van der Waals surface area contributed by atoms with Gasteiger partial charge in [0.2, 0.25) is 0 Å². The third kappa shape index (κ3) is 3.66. The summed E-state index contributed by atoms with van der Waals surface area (Å²) in [5, 5.41) is 4.19.